The van der Waals surface area contributed by atoms with Crippen molar-refractivity contribution in [2.75, 3.05) is 11.9 Å². The van der Waals surface area contributed by atoms with Crippen LogP contribution in [0.2, 0.25) is 5.02 Å². The first-order chi connectivity index (χ1) is 13.5. The Morgan fingerprint density at radius 1 is 1.21 bits per heavy atom. The molecule has 0 saturated carbocycles. The molecule has 1 aliphatic rings. The van der Waals surface area contributed by atoms with E-state index in [0.29, 0.717) is 28.1 Å². The largest absolute Gasteiger partial charge is 0.484 e. The van der Waals surface area contributed by atoms with Crippen molar-refractivity contribution >= 4 is 34.1 Å². The Hall–Kier alpha value is -2.64. The van der Waals surface area contributed by atoms with Gasteiger partial charge in [0.15, 0.2) is 6.61 Å². The number of carbonyl (C=O) groups is 1. The van der Waals surface area contributed by atoms with E-state index in [1.807, 2.05) is 31.2 Å². The highest BCUT2D eigenvalue weighted by Gasteiger charge is 2.28. The minimum atomic E-state index is -0.990. The first-order valence-electron chi connectivity index (χ1n) is 8.71. The molecule has 144 valence electrons. The van der Waals surface area contributed by atoms with E-state index >= 15 is 0 Å². The van der Waals surface area contributed by atoms with Crippen molar-refractivity contribution in [2.45, 2.75) is 18.4 Å². The maximum Gasteiger partial charge on any atom is 0.263 e. The van der Waals surface area contributed by atoms with Crippen LogP contribution in [-0.4, -0.2) is 26.5 Å². The Kier molecular flexibility index (Phi) is 5.19. The average molecular weight is 416 g/mol. The lowest BCUT2D eigenvalue weighted by Crippen LogP contribution is -2.22. The molecular formula is C20H18ClN3O3S. The van der Waals surface area contributed by atoms with Gasteiger partial charge in [0.05, 0.1) is 22.9 Å². The van der Waals surface area contributed by atoms with Gasteiger partial charge in [-0.25, -0.2) is 4.68 Å². The van der Waals surface area contributed by atoms with Crippen LogP contribution in [0.3, 0.4) is 0 Å². The van der Waals surface area contributed by atoms with Crippen LogP contribution in [0.15, 0.2) is 48.5 Å². The van der Waals surface area contributed by atoms with Crippen LogP contribution in [0.1, 0.15) is 16.8 Å². The number of hydrogen-bond acceptors (Lipinski definition) is 4. The van der Waals surface area contributed by atoms with E-state index in [2.05, 4.69) is 10.4 Å². The second-order valence-electron chi connectivity index (χ2n) is 6.49. The van der Waals surface area contributed by atoms with Gasteiger partial charge < -0.3 is 10.1 Å². The molecule has 0 radical (unpaired) electrons. The molecule has 0 aliphatic carbocycles. The Morgan fingerprint density at radius 3 is 2.71 bits per heavy atom. The number of halogens is 1. The van der Waals surface area contributed by atoms with Crippen LogP contribution in [0.25, 0.3) is 5.69 Å². The minimum absolute atomic E-state index is 0.154. The average Bonchev–Trinajstić information content (AvgIpc) is 3.19. The molecule has 8 heteroatoms. The molecule has 0 saturated heterocycles. The topological polar surface area (TPSA) is 73.2 Å². The number of aromatic nitrogens is 2. The summed E-state index contributed by atoms with van der Waals surface area (Å²) in [5, 5.41) is 8.10. The highest BCUT2D eigenvalue weighted by atomic mass is 35.5. The van der Waals surface area contributed by atoms with E-state index in [-0.39, 0.29) is 12.5 Å². The fourth-order valence-corrected chi connectivity index (χ4v) is 4.47. The van der Waals surface area contributed by atoms with Gasteiger partial charge in [-0.15, -0.1) is 0 Å². The lowest BCUT2D eigenvalue weighted by atomic mass is 10.2. The van der Waals surface area contributed by atoms with Gasteiger partial charge in [-0.3, -0.25) is 9.00 Å². The third kappa shape index (κ3) is 3.81. The molecular weight excluding hydrogens is 398 g/mol. The van der Waals surface area contributed by atoms with Gasteiger partial charge >= 0.3 is 0 Å². The van der Waals surface area contributed by atoms with E-state index < -0.39 is 10.8 Å². The molecule has 28 heavy (non-hydrogen) atoms. The molecule has 0 spiro atoms. The number of anilines is 1. The Morgan fingerprint density at radius 2 is 1.96 bits per heavy atom. The van der Waals surface area contributed by atoms with Gasteiger partial charge in [0, 0.05) is 21.4 Å². The van der Waals surface area contributed by atoms with Crippen LogP contribution in [0.5, 0.6) is 5.75 Å². The summed E-state index contributed by atoms with van der Waals surface area (Å²) >= 11 is 5.85. The van der Waals surface area contributed by atoms with Crippen LogP contribution in [0.4, 0.5) is 5.82 Å². The maximum absolute atomic E-state index is 12.5. The number of aryl methyl sites for hydroxylation is 1. The van der Waals surface area contributed by atoms with Crippen molar-refractivity contribution in [1.29, 1.82) is 0 Å². The highest BCUT2D eigenvalue weighted by molar-refractivity contribution is 7.83. The molecule has 0 bridgehead atoms. The van der Waals surface area contributed by atoms with Crippen molar-refractivity contribution in [3.63, 3.8) is 0 Å². The molecule has 0 fully saturated rings. The van der Waals surface area contributed by atoms with Crippen LogP contribution >= 0.6 is 11.6 Å². The van der Waals surface area contributed by atoms with Gasteiger partial charge in [-0.05, 0) is 42.8 Å². The summed E-state index contributed by atoms with van der Waals surface area (Å²) in [5.41, 5.74) is 3.48. The number of nitrogens with zero attached hydrogens (tertiary/aromatic N) is 2. The van der Waals surface area contributed by atoms with Gasteiger partial charge in [-0.2, -0.15) is 5.10 Å². The number of ether oxygens (including phenoxy) is 1. The second-order valence-corrected chi connectivity index (χ2v) is 8.38. The van der Waals surface area contributed by atoms with E-state index in [0.717, 1.165) is 22.5 Å². The predicted molar refractivity (Wildman–Crippen MR) is 109 cm³/mol. The summed E-state index contributed by atoms with van der Waals surface area (Å²) in [6, 6.07) is 14.6. The number of carbonyl (C=O) groups excluding carboxylic acids is 1. The Balaban J connectivity index is 1.58. The number of rotatable bonds is 5. The molecule has 2 heterocycles. The van der Waals surface area contributed by atoms with Crippen molar-refractivity contribution in [2.24, 2.45) is 0 Å². The van der Waals surface area contributed by atoms with Crippen molar-refractivity contribution in [3.05, 3.63) is 70.4 Å². The van der Waals surface area contributed by atoms with E-state index in [1.165, 1.54) is 0 Å². The third-order valence-electron chi connectivity index (χ3n) is 4.45. The first-order valence-corrected chi connectivity index (χ1v) is 10.6. The summed E-state index contributed by atoms with van der Waals surface area (Å²) in [6.45, 7) is 1.83. The Bertz CT molecular complexity index is 1060. The number of amides is 1. The van der Waals surface area contributed by atoms with Crippen molar-refractivity contribution in [3.8, 4) is 11.4 Å². The molecule has 4 rings (SSSR count). The van der Waals surface area contributed by atoms with E-state index in [4.69, 9.17) is 16.3 Å². The third-order valence-corrected chi connectivity index (χ3v) is 5.91. The maximum atomic E-state index is 12.5. The molecule has 1 atom stereocenters. The Labute approximate surface area is 169 Å². The molecule has 1 aromatic heterocycles. The smallest absolute Gasteiger partial charge is 0.263 e. The molecule has 1 N–H and O–H groups in total. The monoisotopic (exact) mass is 415 g/mol. The zero-order chi connectivity index (χ0) is 19.7. The van der Waals surface area contributed by atoms with E-state index in [9.17, 15) is 9.00 Å². The van der Waals surface area contributed by atoms with Gasteiger partial charge in [0.2, 0.25) is 0 Å². The van der Waals surface area contributed by atoms with Crippen molar-refractivity contribution < 1.29 is 13.7 Å². The number of nitrogens with one attached hydrogen (secondary N) is 1. The minimum Gasteiger partial charge on any atom is -0.484 e. The zero-order valence-electron chi connectivity index (χ0n) is 15.1. The van der Waals surface area contributed by atoms with Gasteiger partial charge in [0.1, 0.15) is 11.6 Å². The fraction of sp³-hybridized carbons (Fsp3) is 0.200. The first kappa shape index (κ1) is 18.7. The van der Waals surface area contributed by atoms with Gasteiger partial charge in [-0.1, -0.05) is 29.8 Å². The van der Waals surface area contributed by atoms with Crippen molar-refractivity contribution in [1.82, 2.24) is 9.78 Å². The number of para-hydroxylation sites is 1. The summed E-state index contributed by atoms with van der Waals surface area (Å²) < 4.78 is 19.2. The number of hydrogen-bond donors (Lipinski definition) is 1. The fourth-order valence-electron chi connectivity index (χ4n) is 3.08. The molecule has 1 aliphatic heterocycles. The van der Waals surface area contributed by atoms with Crippen LogP contribution in [0, 0.1) is 6.92 Å². The molecule has 3 aromatic rings. The standard InChI is InChI=1S/C20H18ClN3O3S/c1-13-4-2-3-5-18(13)24-20(16-11-28(26)12-17(16)23-24)22-19(25)10-27-15-8-6-14(21)7-9-15/h2-9H,10-12H2,1H3,(H,22,25)/t28-/m1/s1. The molecule has 2 aromatic carbocycles. The normalized spacial score (nSPS) is 15.3. The summed E-state index contributed by atoms with van der Waals surface area (Å²) in [7, 11) is -0.990. The molecule has 0 unspecified atom stereocenters. The highest BCUT2D eigenvalue weighted by Crippen LogP contribution is 2.32. The number of benzene rings is 2. The summed E-state index contributed by atoms with van der Waals surface area (Å²) in [5.74, 6) is 1.58. The summed E-state index contributed by atoms with van der Waals surface area (Å²) in [4.78, 5) is 12.5. The SMILES string of the molecule is Cc1ccccc1-n1nc2c(c1NC(=O)COc1ccc(Cl)cc1)C[S@@](=O)C2. The van der Waals surface area contributed by atoms with Gasteiger partial charge in [0.25, 0.3) is 5.91 Å². The lowest BCUT2D eigenvalue weighted by Gasteiger charge is -2.13. The van der Waals surface area contributed by atoms with Crippen LogP contribution < -0.4 is 10.1 Å². The molecule has 6 nitrogen and oxygen atoms in total. The predicted octanol–water partition coefficient (Wildman–Crippen LogP) is 3.61. The number of fused-ring (bicyclic) bond motifs is 1. The lowest BCUT2D eigenvalue weighted by molar-refractivity contribution is -0.118. The second kappa shape index (κ2) is 7.77. The van der Waals surface area contributed by atoms with Crippen LogP contribution in [-0.2, 0) is 27.1 Å². The quantitative estimate of drug-likeness (QED) is 0.690. The zero-order valence-corrected chi connectivity index (χ0v) is 16.7. The summed E-state index contributed by atoms with van der Waals surface area (Å²) in [6.07, 6.45) is 0. The molecule has 1 amide bonds. The van der Waals surface area contributed by atoms with E-state index in [1.54, 1.807) is 28.9 Å².